The fraction of sp³-hybridized carbons (Fsp3) is 0.385. The predicted molar refractivity (Wildman–Crippen MR) is 64.2 cm³/mol. The first kappa shape index (κ1) is 12.6. The largest absolute Gasteiger partial charge is 0.198 e. The molecule has 0 saturated heterocycles. The maximum atomic E-state index is 9.09. The Bertz CT molecular complexity index is 484. The van der Waals surface area contributed by atoms with Gasteiger partial charge in [0.2, 0.25) is 0 Å². The fourth-order valence-electron chi connectivity index (χ4n) is 1.55. The van der Waals surface area contributed by atoms with E-state index in [0.717, 1.165) is 5.56 Å². The number of nitrogens with zero attached hydrogens (tertiary/aromatic N) is 2. The van der Waals surface area contributed by atoms with Crippen LogP contribution >= 0.6 is 11.6 Å². The Morgan fingerprint density at radius 1 is 1.25 bits per heavy atom. The van der Waals surface area contributed by atoms with Gasteiger partial charge in [-0.2, -0.15) is 10.5 Å². The summed E-state index contributed by atoms with van der Waals surface area (Å²) in [6.45, 7) is 6.09. The highest BCUT2D eigenvalue weighted by Crippen LogP contribution is 2.30. The van der Waals surface area contributed by atoms with Crippen molar-refractivity contribution < 1.29 is 0 Å². The molecule has 0 aromatic heterocycles. The maximum Gasteiger partial charge on any atom is 0.0994 e. The summed E-state index contributed by atoms with van der Waals surface area (Å²) in [6, 6.07) is 7.71. The van der Waals surface area contributed by atoms with Crippen molar-refractivity contribution in [1.82, 2.24) is 0 Å². The van der Waals surface area contributed by atoms with Crippen molar-refractivity contribution in [2.45, 2.75) is 32.6 Å². The van der Waals surface area contributed by atoms with Gasteiger partial charge < -0.3 is 0 Å². The Labute approximate surface area is 101 Å². The van der Waals surface area contributed by atoms with Crippen LogP contribution in [0.1, 0.15) is 37.5 Å². The number of hydrogen-bond donors (Lipinski definition) is 0. The monoisotopic (exact) mass is 232 g/mol. The summed E-state index contributed by atoms with van der Waals surface area (Å²) in [7, 11) is 0. The third kappa shape index (κ3) is 2.54. The van der Waals surface area contributed by atoms with Crippen molar-refractivity contribution in [3.05, 3.63) is 33.8 Å². The second-order valence-corrected chi connectivity index (χ2v) is 5.09. The standard InChI is InChI=1S/C13H13ClN2/c1-13(2,3)11-7-12(14)9(4-5-15)6-10(11)8-16/h6-7H,4H2,1-3H3. The molecule has 0 spiro atoms. The molecule has 1 rings (SSSR count). The van der Waals surface area contributed by atoms with Crippen molar-refractivity contribution in [1.29, 1.82) is 10.5 Å². The van der Waals surface area contributed by atoms with Gasteiger partial charge >= 0.3 is 0 Å². The topological polar surface area (TPSA) is 47.6 Å². The quantitative estimate of drug-likeness (QED) is 0.743. The number of rotatable bonds is 1. The van der Waals surface area contributed by atoms with Crippen LogP contribution in [0, 0.1) is 22.7 Å². The Kier molecular flexibility index (Phi) is 3.58. The average Bonchev–Trinajstić information content (AvgIpc) is 2.19. The molecule has 0 N–H and O–H groups in total. The first-order valence-electron chi connectivity index (χ1n) is 5.00. The van der Waals surface area contributed by atoms with Gasteiger partial charge in [0, 0.05) is 5.02 Å². The van der Waals surface area contributed by atoms with E-state index < -0.39 is 0 Å². The first-order valence-corrected chi connectivity index (χ1v) is 5.38. The van der Waals surface area contributed by atoms with Crippen LogP contribution < -0.4 is 0 Å². The number of hydrogen-bond acceptors (Lipinski definition) is 2. The lowest BCUT2D eigenvalue weighted by molar-refractivity contribution is 0.588. The van der Waals surface area contributed by atoms with Gasteiger partial charge in [0.05, 0.1) is 24.1 Å². The second kappa shape index (κ2) is 4.56. The summed E-state index contributed by atoms with van der Waals surface area (Å²) in [4.78, 5) is 0. The molecule has 0 heterocycles. The Hall–Kier alpha value is -1.51. The SMILES string of the molecule is CC(C)(C)c1cc(Cl)c(CC#N)cc1C#N. The molecule has 0 amide bonds. The van der Waals surface area contributed by atoms with Gasteiger partial charge in [0.1, 0.15) is 0 Å². The van der Waals surface area contributed by atoms with Crippen molar-refractivity contribution >= 4 is 11.6 Å². The first-order chi connectivity index (χ1) is 7.40. The van der Waals surface area contributed by atoms with Gasteiger partial charge in [-0.1, -0.05) is 32.4 Å². The molecule has 82 valence electrons. The van der Waals surface area contributed by atoms with E-state index in [1.54, 1.807) is 12.1 Å². The zero-order valence-electron chi connectivity index (χ0n) is 9.63. The number of nitriles is 2. The van der Waals surface area contributed by atoms with E-state index in [4.69, 9.17) is 22.1 Å². The lowest BCUT2D eigenvalue weighted by atomic mass is 9.83. The van der Waals surface area contributed by atoms with Crippen LogP contribution in [0.25, 0.3) is 0 Å². The molecule has 2 nitrogen and oxygen atoms in total. The van der Waals surface area contributed by atoms with Gasteiger partial charge in [0.25, 0.3) is 0 Å². The molecule has 0 unspecified atom stereocenters. The van der Waals surface area contributed by atoms with Gasteiger partial charge in [-0.15, -0.1) is 0 Å². The number of benzene rings is 1. The molecule has 0 radical (unpaired) electrons. The van der Waals surface area contributed by atoms with Crippen LogP contribution in [0.3, 0.4) is 0 Å². The van der Waals surface area contributed by atoms with E-state index in [2.05, 4.69) is 6.07 Å². The van der Waals surface area contributed by atoms with E-state index in [9.17, 15) is 0 Å². The summed E-state index contributed by atoms with van der Waals surface area (Å²) >= 11 is 6.08. The van der Waals surface area contributed by atoms with Gasteiger partial charge in [0.15, 0.2) is 0 Å². The highest BCUT2D eigenvalue weighted by atomic mass is 35.5. The minimum absolute atomic E-state index is 0.125. The fourth-order valence-corrected chi connectivity index (χ4v) is 1.78. The smallest absolute Gasteiger partial charge is 0.0994 e. The molecular weight excluding hydrogens is 220 g/mol. The van der Waals surface area contributed by atoms with E-state index in [1.165, 1.54) is 0 Å². The average molecular weight is 233 g/mol. The molecular formula is C13H13ClN2. The van der Waals surface area contributed by atoms with E-state index in [-0.39, 0.29) is 11.8 Å². The summed E-state index contributed by atoms with van der Waals surface area (Å²) < 4.78 is 0. The van der Waals surface area contributed by atoms with Crippen LogP contribution in [0.5, 0.6) is 0 Å². The van der Waals surface area contributed by atoms with Crippen LogP contribution in [-0.4, -0.2) is 0 Å². The molecule has 0 fully saturated rings. The highest BCUT2D eigenvalue weighted by Gasteiger charge is 2.19. The lowest BCUT2D eigenvalue weighted by Crippen LogP contribution is -2.13. The van der Waals surface area contributed by atoms with Crippen LogP contribution in [0.2, 0.25) is 5.02 Å². The molecule has 0 bridgehead atoms. The minimum Gasteiger partial charge on any atom is -0.198 e. The maximum absolute atomic E-state index is 9.09. The summed E-state index contributed by atoms with van der Waals surface area (Å²) in [6.07, 6.45) is 0.234. The van der Waals surface area contributed by atoms with Gasteiger partial charge in [-0.05, 0) is 28.7 Å². The third-order valence-corrected chi connectivity index (χ3v) is 2.74. The van der Waals surface area contributed by atoms with Crippen LogP contribution in [-0.2, 0) is 11.8 Å². The lowest BCUT2D eigenvalue weighted by Gasteiger charge is -2.21. The summed E-state index contributed by atoms with van der Waals surface area (Å²) in [5.41, 5.74) is 2.11. The molecule has 0 atom stereocenters. The van der Waals surface area contributed by atoms with Crippen LogP contribution in [0.15, 0.2) is 12.1 Å². The molecule has 16 heavy (non-hydrogen) atoms. The van der Waals surface area contributed by atoms with E-state index in [0.29, 0.717) is 16.1 Å². The Balaban J connectivity index is 3.41. The van der Waals surface area contributed by atoms with Gasteiger partial charge in [-0.25, -0.2) is 0 Å². The molecule has 1 aromatic carbocycles. The molecule has 1 aromatic rings. The third-order valence-electron chi connectivity index (χ3n) is 2.38. The van der Waals surface area contributed by atoms with Crippen LogP contribution in [0.4, 0.5) is 0 Å². The molecule has 0 aliphatic heterocycles. The molecule has 0 aliphatic rings. The van der Waals surface area contributed by atoms with Gasteiger partial charge in [-0.3, -0.25) is 0 Å². The molecule has 0 aliphatic carbocycles. The molecule has 0 saturated carbocycles. The highest BCUT2D eigenvalue weighted by molar-refractivity contribution is 6.31. The Morgan fingerprint density at radius 2 is 1.88 bits per heavy atom. The second-order valence-electron chi connectivity index (χ2n) is 4.69. The summed E-state index contributed by atoms with van der Waals surface area (Å²) in [5, 5.41) is 18.3. The van der Waals surface area contributed by atoms with E-state index in [1.807, 2.05) is 26.8 Å². The minimum atomic E-state index is -0.125. The van der Waals surface area contributed by atoms with E-state index >= 15 is 0 Å². The van der Waals surface area contributed by atoms with Crippen molar-refractivity contribution in [3.63, 3.8) is 0 Å². The molecule has 3 heteroatoms. The summed E-state index contributed by atoms with van der Waals surface area (Å²) in [5.74, 6) is 0. The predicted octanol–water partition coefficient (Wildman–Crippen LogP) is 3.58. The van der Waals surface area contributed by atoms with Crippen molar-refractivity contribution in [3.8, 4) is 12.1 Å². The zero-order chi connectivity index (χ0) is 12.3. The Morgan fingerprint density at radius 3 is 2.31 bits per heavy atom. The normalized spacial score (nSPS) is 10.6. The number of halogens is 1. The zero-order valence-corrected chi connectivity index (χ0v) is 10.4. The van der Waals surface area contributed by atoms with Crippen molar-refractivity contribution in [2.24, 2.45) is 0 Å². The van der Waals surface area contributed by atoms with Crippen molar-refractivity contribution in [2.75, 3.05) is 0 Å².